The molecule has 81 heavy (non-hydrogen) atoms. The van der Waals surface area contributed by atoms with Crippen molar-refractivity contribution in [3.63, 3.8) is 0 Å². The second-order valence-electron chi connectivity index (χ2n) is 20.3. The van der Waals surface area contributed by atoms with Gasteiger partial charge in [-0.1, -0.05) is 107 Å². The van der Waals surface area contributed by atoms with Gasteiger partial charge in [-0.05, 0) is 51.4 Å². The number of aliphatic carboxylic acids is 4. The molecular formula is C56H88N12O12Sn. The molecule has 448 valence electrons. The number of nitrogens with zero attached hydrogens (tertiary/aromatic N) is 4. The molecule has 0 amide bonds. The van der Waals surface area contributed by atoms with Crippen LogP contribution in [-0.4, -0.2) is 135 Å². The number of carboxylic acids is 4. The second-order valence-corrected chi connectivity index (χ2v) is 20.3. The summed E-state index contributed by atoms with van der Waals surface area (Å²) in [4.78, 5) is 123. The molecule has 0 saturated heterocycles. The molecule has 0 bridgehead atoms. The summed E-state index contributed by atoms with van der Waals surface area (Å²) in [5, 5.41) is 46.0. The van der Waals surface area contributed by atoms with Crippen LogP contribution >= 0.6 is 0 Å². The largest absolute Gasteiger partial charge is 4.00 e. The van der Waals surface area contributed by atoms with Gasteiger partial charge in [0.15, 0.2) is 23.1 Å². The third kappa shape index (κ3) is 21.4. The molecule has 8 atom stereocenters. The maximum absolute atomic E-state index is 12.5. The number of rotatable bonds is 36. The summed E-state index contributed by atoms with van der Waals surface area (Å²) in [6.45, 7) is 14.5. The first kappa shape index (κ1) is 75.0. The fourth-order valence-electron chi connectivity index (χ4n) is 9.52. The molecule has 0 radical (unpaired) electrons. The summed E-state index contributed by atoms with van der Waals surface area (Å²) in [5.74, 6) is -7.11. The van der Waals surface area contributed by atoms with Gasteiger partial charge in [0.1, 0.15) is 0 Å². The monoisotopic (exact) mass is 1240 g/mol. The normalized spacial score (nSPS) is 15.4. The van der Waals surface area contributed by atoms with Gasteiger partial charge in [0.25, 0.3) is 0 Å². The summed E-state index contributed by atoms with van der Waals surface area (Å²) in [6, 6.07) is -3.48. The minimum Gasteiger partial charge on any atom is -0.549 e. The molecule has 4 rings (SSSR count). The van der Waals surface area contributed by atoms with Crippen molar-refractivity contribution in [2.45, 2.75) is 208 Å². The Labute approximate surface area is 492 Å². The first-order chi connectivity index (χ1) is 37.9. The number of hydrogen-bond acceptors (Lipinski definition) is 20. The second kappa shape index (κ2) is 37.9. The Hall–Kier alpha value is -5.96. The van der Waals surface area contributed by atoms with Crippen LogP contribution in [0.1, 0.15) is 181 Å². The number of ketones is 4. The summed E-state index contributed by atoms with van der Waals surface area (Å²) in [7, 11) is 0. The molecule has 0 aliphatic rings. The van der Waals surface area contributed by atoms with E-state index in [-0.39, 0.29) is 101 Å². The van der Waals surface area contributed by atoms with E-state index >= 15 is 0 Å². The Morgan fingerprint density at radius 3 is 0.667 bits per heavy atom. The minimum absolute atomic E-state index is 0. The molecule has 4 unspecified atom stereocenters. The third-order valence-electron chi connectivity index (χ3n) is 15.0. The molecule has 25 heteroatoms. The first-order valence-corrected chi connectivity index (χ1v) is 27.8. The van der Waals surface area contributed by atoms with Crippen molar-refractivity contribution in [3.8, 4) is 0 Å². The Morgan fingerprint density at radius 1 is 0.383 bits per heavy atom. The molecule has 0 aliphatic heterocycles. The first-order valence-electron chi connectivity index (χ1n) is 27.8. The van der Waals surface area contributed by atoms with Gasteiger partial charge >= 0.3 is 23.9 Å². The van der Waals surface area contributed by atoms with Crippen LogP contribution in [0.5, 0.6) is 0 Å². The molecule has 12 N–H and O–H groups in total. The van der Waals surface area contributed by atoms with Crippen LogP contribution in [0, 0.1) is 21.7 Å². The summed E-state index contributed by atoms with van der Waals surface area (Å²) >= 11 is 0. The quantitative estimate of drug-likeness (QED) is 0.0225. The number of carbonyl (C=O) groups excluding carboxylic acids is 8. The van der Waals surface area contributed by atoms with Crippen molar-refractivity contribution in [1.82, 2.24) is 39.9 Å². The zero-order valence-corrected chi connectivity index (χ0v) is 51.4. The van der Waals surface area contributed by atoms with E-state index < -0.39 is 92.8 Å². The van der Waals surface area contributed by atoms with Gasteiger partial charge in [-0.3, -0.25) is 19.2 Å². The van der Waals surface area contributed by atoms with Crippen LogP contribution in [-0.2, 0) is 64.0 Å². The molecule has 0 spiro atoms. The Kier molecular flexibility index (Phi) is 35.1. The molecule has 0 aliphatic carbocycles. The van der Waals surface area contributed by atoms with E-state index in [0.29, 0.717) is 48.5 Å². The summed E-state index contributed by atoms with van der Waals surface area (Å²) in [5.41, 5.74) is 20.5. The fraction of sp³-hybridized carbons (Fsp3) is 0.643. The van der Waals surface area contributed by atoms with Gasteiger partial charge in [0.05, 0.1) is 95.0 Å². The molecule has 0 saturated carbocycles. The number of aromatic amines is 4. The van der Waals surface area contributed by atoms with Crippen LogP contribution in [0.25, 0.3) is 0 Å². The third-order valence-corrected chi connectivity index (χ3v) is 15.0. The number of aromatic nitrogens is 8. The van der Waals surface area contributed by atoms with Crippen LogP contribution in [0.3, 0.4) is 0 Å². The predicted molar refractivity (Wildman–Crippen MR) is 296 cm³/mol. The van der Waals surface area contributed by atoms with Crippen molar-refractivity contribution >= 4 is 70.9 Å². The van der Waals surface area contributed by atoms with Crippen molar-refractivity contribution in [2.75, 3.05) is 0 Å². The van der Waals surface area contributed by atoms with Crippen molar-refractivity contribution in [1.29, 1.82) is 0 Å². The number of Topliss-reactive ketones (excluding diaryl/α,β-unsaturated/α-hetero) is 4. The van der Waals surface area contributed by atoms with E-state index in [1.54, 1.807) is 52.5 Å². The van der Waals surface area contributed by atoms with Gasteiger partial charge in [-0.2, -0.15) is 0 Å². The molecule has 4 aromatic heterocycles. The van der Waals surface area contributed by atoms with Gasteiger partial charge in [0.2, 0.25) is 0 Å². The Morgan fingerprint density at radius 2 is 0.556 bits per heavy atom. The van der Waals surface area contributed by atoms with E-state index in [1.807, 2.05) is 27.7 Å². The van der Waals surface area contributed by atoms with Gasteiger partial charge < -0.3 is 82.5 Å². The number of carboxylic acid groups (broad SMARTS) is 4. The number of nitrogens with one attached hydrogen (secondary N) is 4. The Balaban J connectivity index is 0.00000105. The average Bonchev–Trinajstić information content (AvgIpc) is 4.32. The molecule has 0 aromatic carbocycles. The predicted octanol–water partition coefficient (Wildman–Crippen LogP) is 0.360. The molecule has 4 heterocycles. The van der Waals surface area contributed by atoms with E-state index in [0.717, 1.165) is 25.7 Å². The molecule has 24 nitrogen and oxygen atoms in total. The van der Waals surface area contributed by atoms with Crippen LogP contribution in [0.15, 0.2) is 50.1 Å². The molecule has 4 aromatic rings. The topological polar surface area (TPSA) is 448 Å². The maximum Gasteiger partial charge on any atom is 4.00 e. The van der Waals surface area contributed by atoms with Crippen molar-refractivity contribution in [2.24, 2.45) is 44.6 Å². The number of H-pyrrole nitrogens is 4. The number of imidazole rings is 4. The van der Waals surface area contributed by atoms with Gasteiger partial charge in [-0.25, -0.2) is 19.9 Å². The SMILES string of the molecule is CCCCC(CC)(C(=O)[O-])C(=O)[C@@H](N)Cc1cnc[nH]1.CCCCC(CC)(C(=O)[O-])C(=O)[C@@H](N)Cc1cnc[nH]1.CCCCC(CC)(C(=O)[O-])C(=O)[C@@H](N)Cc1cnc[nH]1.CCCCC(CC)(C(=O)[O-])C(=O)[C@@H](N)Cc1cnc[nH]1.[Sn+4]. The zero-order valence-electron chi connectivity index (χ0n) is 48.6. The maximum atomic E-state index is 12.5. The molecule has 0 fully saturated rings. The van der Waals surface area contributed by atoms with E-state index in [2.05, 4.69) is 39.9 Å². The number of carbonyl (C=O) groups is 8. The Bertz CT molecular complexity index is 2120. The summed E-state index contributed by atoms with van der Waals surface area (Å²) < 4.78 is 0. The standard InChI is InChI=1S/4C14H23N3O3.Sn/c4*1-3-5-6-14(4-2,13(19)20)12(18)11(15)7-10-8-16-9-17-10;/h4*8-9,11H,3-7,15H2,1-2H3,(H,16,17)(H,19,20);/q;;;;+4/p-4/t4*11-,14?;/m0000./s1. The van der Waals surface area contributed by atoms with Gasteiger partial charge in [0, 0.05) is 73.2 Å². The number of nitrogens with two attached hydrogens (primary N) is 4. The number of unbranched alkanes of at least 4 members (excludes halogenated alkanes) is 4. The van der Waals surface area contributed by atoms with E-state index in [1.165, 1.54) is 25.3 Å². The van der Waals surface area contributed by atoms with Crippen LogP contribution < -0.4 is 43.4 Å². The van der Waals surface area contributed by atoms with Crippen molar-refractivity contribution < 1.29 is 58.8 Å². The zero-order chi connectivity index (χ0) is 60.7. The smallest absolute Gasteiger partial charge is 0.549 e. The van der Waals surface area contributed by atoms with Crippen LogP contribution in [0.2, 0.25) is 0 Å². The van der Waals surface area contributed by atoms with Crippen LogP contribution in [0.4, 0.5) is 0 Å². The van der Waals surface area contributed by atoms with Crippen molar-refractivity contribution in [3.05, 3.63) is 72.9 Å². The van der Waals surface area contributed by atoms with E-state index in [4.69, 9.17) is 22.9 Å². The fourth-order valence-corrected chi connectivity index (χ4v) is 9.52. The average molecular weight is 1240 g/mol. The molecular weight excluding hydrogens is 1150 g/mol. The minimum atomic E-state index is -1.48. The van der Waals surface area contributed by atoms with E-state index in [9.17, 15) is 58.8 Å². The summed E-state index contributed by atoms with van der Waals surface area (Å²) in [6.07, 6.45) is 21.1. The number of hydrogen-bond donors (Lipinski definition) is 8. The van der Waals surface area contributed by atoms with Gasteiger partial charge in [-0.15, -0.1) is 0 Å².